The van der Waals surface area contributed by atoms with E-state index in [0.717, 1.165) is 27.7 Å². The molecule has 1 saturated carbocycles. The van der Waals surface area contributed by atoms with Gasteiger partial charge in [-0.2, -0.15) is 0 Å². The Kier molecular flexibility index (Phi) is 46.0. The van der Waals surface area contributed by atoms with Crippen LogP contribution in [0.1, 0.15) is 66.2 Å². The molecule has 0 aromatic carbocycles. The quantitative estimate of drug-likeness (QED) is 0.385. The zero-order chi connectivity index (χ0) is 22.0. The first-order valence-electron chi connectivity index (χ1n) is 8.03. The second-order valence-corrected chi connectivity index (χ2v) is 4.77. The van der Waals surface area contributed by atoms with Crippen molar-refractivity contribution in [1.29, 1.82) is 0 Å². The first kappa shape index (κ1) is 35.0. The van der Waals surface area contributed by atoms with Gasteiger partial charge in [-0.1, -0.05) is 38.5 Å². The smallest absolute Gasteiger partial charge is 0.300 e. The molecule has 0 radical (unpaired) electrons. The molecule has 0 saturated heterocycles. The van der Waals surface area contributed by atoms with Crippen LogP contribution in [0.2, 0.25) is 0 Å². The molecule has 0 spiro atoms. The summed E-state index contributed by atoms with van der Waals surface area (Å²) < 4.78 is 0. The van der Waals surface area contributed by atoms with Crippen molar-refractivity contribution in [2.75, 3.05) is 13.1 Å². The summed E-state index contributed by atoms with van der Waals surface area (Å²) in [6, 6.07) is 0. The molecule has 0 aromatic heterocycles. The highest BCUT2D eigenvalue weighted by Gasteiger charge is 1.95. The third-order valence-corrected chi connectivity index (χ3v) is 1.67. The fourth-order valence-electron chi connectivity index (χ4n) is 1.06. The first-order valence-corrected chi connectivity index (χ1v) is 8.03. The lowest BCUT2D eigenvalue weighted by molar-refractivity contribution is -0.135. The summed E-state index contributed by atoms with van der Waals surface area (Å²) in [5.41, 5.74) is 9.81. The second kappa shape index (κ2) is 34.2. The minimum absolute atomic E-state index is 0.597. The van der Waals surface area contributed by atoms with Crippen molar-refractivity contribution in [3.8, 4) is 0 Å². The van der Waals surface area contributed by atoms with Crippen molar-refractivity contribution >= 4 is 23.9 Å². The van der Waals surface area contributed by atoms with Crippen molar-refractivity contribution in [2.24, 2.45) is 11.5 Å². The van der Waals surface area contributed by atoms with Gasteiger partial charge in [-0.25, -0.2) is 0 Å². The van der Waals surface area contributed by atoms with E-state index in [9.17, 15) is 0 Å². The molecule has 26 heavy (non-hydrogen) atoms. The molecule has 1 aliphatic rings. The van der Waals surface area contributed by atoms with Gasteiger partial charge in [0.2, 0.25) is 0 Å². The molecule has 8 N–H and O–H groups in total. The Balaban J connectivity index is -0.0000000687. The van der Waals surface area contributed by atoms with E-state index >= 15 is 0 Å². The highest BCUT2D eigenvalue weighted by Crippen LogP contribution is 2.15. The zero-order valence-electron chi connectivity index (χ0n) is 16.2. The molecule has 10 nitrogen and oxygen atoms in total. The number of carboxylic acids is 4. The number of rotatable bonds is 1. The van der Waals surface area contributed by atoms with Gasteiger partial charge in [0.05, 0.1) is 0 Å². The van der Waals surface area contributed by atoms with Gasteiger partial charge in [0.25, 0.3) is 23.9 Å². The van der Waals surface area contributed by atoms with Crippen molar-refractivity contribution in [1.82, 2.24) is 0 Å². The van der Waals surface area contributed by atoms with Crippen molar-refractivity contribution in [3.05, 3.63) is 0 Å². The van der Waals surface area contributed by atoms with Gasteiger partial charge in [0.15, 0.2) is 0 Å². The Labute approximate surface area is 155 Å². The summed E-state index contributed by atoms with van der Waals surface area (Å²) in [5.74, 6) is -3.33. The van der Waals surface area contributed by atoms with Crippen LogP contribution in [0.4, 0.5) is 0 Å². The summed E-state index contributed by atoms with van der Waals surface area (Å²) >= 11 is 0. The molecule has 0 atom stereocenters. The van der Waals surface area contributed by atoms with Crippen LogP contribution < -0.4 is 11.5 Å². The molecule has 0 unspecified atom stereocenters. The summed E-state index contributed by atoms with van der Waals surface area (Å²) in [5, 5.41) is 29.7. The average Bonchev–Trinajstić information content (AvgIpc) is 2.47. The Morgan fingerprint density at radius 1 is 0.538 bits per heavy atom. The first-order chi connectivity index (χ1) is 11.8. The number of carboxylic acid groups (broad SMARTS) is 4. The predicted octanol–water partition coefficient (Wildman–Crippen LogP) is 1.61. The van der Waals surface area contributed by atoms with Crippen LogP contribution in [0.25, 0.3) is 0 Å². The average molecular weight is 384 g/mol. The van der Waals surface area contributed by atoms with Crippen molar-refractivity contribution in [3.63, 3.8) is 0 Å². The highest BCUT2D eigenvalue weighted by molar-refractivity contribution is 5.63. The van der Waals surface area contributed by atoms with Gasteiger partial charge in [-0.3, -0.25) is 19.2 Å². The van der Waals surface area contributed by atoms with E-state index < -0.39 is 23.9 Å². The Bertz CT molecular complexity index is 255. The van der Waals surface area contributed by atoms with Crippen LogP contribution in [0.3, 0.4) is 0 Å². The summed E-state index contributed by atoms with van der Waals surface area (Å²) in [7, 11) is 0. The third kappa shape index (κ3) is 409. The van der Waals surface area contributed by atoms with Gasteiger partial charge in [0.1, 0.15) is 0 Å². The van der Waals surface area contributed by atoms with E-state index in [0.29, 0.717) is 13.1 Å². The molecule has 0 bridgehead atoms. The maximum absolute atomic E-state index is 9.00. The topological polar surface area (TPSA) is 201 Å². The number of nitrogens with two attached hydrogens (primary N) is 2. The number of aliphatic carboxylic acids is 4. The molecule has 0 heterocycles. The van der Waals surface area contributed by atoms with Crippen LogP contribution >= 0.6 is 0 Å². The van der Waals surface area contributed by atoms with Gasteiger partial charge >= 0.3 is 0 Å². The molecule has 0 amide bonds. The van der Waals surface area contributed by atoms with Crippen molar-refractivity contribution in [2.45, 2.75) is 66.2 Å². The normalized spacial score (nSPS) is 10.5. The van der Waals surface area contributed by atoms with E-state index in [1.54, 1.807) is 0 Å². The lowest BCUT2D eigenvalue weighted by Crippen LogP contribution is -2.11. The predicted molar refractivity (Wildman–Crippen MR) is 99.1 cm³/mol. The molecule has 1 fully saturated rings. The molecule has 10 heteroatoms. The van der Waals surface area contributed by atoms with E-state index in [-0.39, 0.29) is 0 Å². The zero-order valence-corrected chi connectivity index (χ0v) is 16.2. The molecule has 0 aliphatic heterocycles. The minimum atomic E-state index is -0.833. The van der Waals surface area contributed by atoms with Crippen LogP contribution in [-0.4, -0.2) is 57.4 Å². The molecular formula is C16H36N2O8. The Hall–Kier alpha value is -2.20. The van der Waals surface area contributed by atoms with Crippen LogP contribution in [0, 0.1) is 0 Å². The van der Waals surface area contributed by atoms with Crippen LogP contribution in [-0.2, 0) is 19.2 Å². The maximum atomic E-state index is 9.00. The van der Waals surface area contributed by atoms with Crippen LogP contribution in [0.5, 0.6) is 0 Å². The Morgan fingerprint density at radius 2 is 0.615 bits per heavy atom. The highest BCUT2D eigenvalue weighted by atomic mass is 16.4. The monoisotopic (exact) mass is 384 g/mol. The SMILES string of the molecule is C1CCCCC1.CC(=O)O.CC(=O)O.CC(=O)O.CC(=O)O.NCCN. The fraction of sp³-hybridized carbons (Fsp3) is 0.750. The largest absolute Gasteiger partial charge is 0.481 e. The number of carbonyl (C=O) groups is 4. The second-order valence-electron chi connectivity index (χ2n) is 4.77. The minimum Gasteiger partial charge on any atom is -0.481 e. The van der Waals surface area contributed by atoms with Gasteiger partial charge in [-0.15, -0.1) is 0 Å². The van der Waals surface area contributed by atoms with Gasteiger partial charge < -0.3 is 31.9 Å². The maximum Gasteiger partial charge on any atom is 0.300 e. The van der Waals surface area contributed by atoms with E-state index in [1.807, 2.05) is 0 Å². The van der Waals surface area contributed by atoms with E-state index in [4.69, 9.17) is 51.1 Å². The summed E-state index contributed by atoms with van der Waals surface area (Å²) in [6.07, 6.45) is 9.00. The Morgan fingerprint density at radius 3 is 0.654 bits per heavy atom. The van der Waals surface area contributed by atoms with E-state index in [2.05, 4.69) is 0 Å². The summed E-state index contributed by atoms with van der Waals surface area (Å²) in [6.45, 7) is 5.53. The summed E-state index contributed by atoms with van der Waals surface area (Å²) in [4.78, 5) is 36.0. The molecule has 1 aliphatic carbocycles. The van der Waals surface area contributed by atoms with Crippen LogP contribution in [0.15, 0.2) is 0 Å². The van der Waals surface area contributed by atoms with Gasteiger partial charge in [-0.05, 0) is 0 Å². The van der Waals surface area contributed by atoms with E-state index in [1.165, 1.54) is 38.5 Å². The number of hydrogen-bond acceptors (Lipinski definition) is 6. The molecule has 1 rings (SSSR count). The lowest BCUT2D eigenvalue weighted by Gasteiger charge is -2.05. The molecule has 0 aromatic rings. The standard InChI is InChI=1S/C6H12.C2H8N2.4C2H4O2/c1-2-4-6-5-3-1;3-1-2-4;4*1-2(3)4/h1-6H2;1-4H2;4*1H3,(H,3,4). The lowest BCUT2D eigenvalue weighted by atomic mass is 10.0. The molecular weight excluding hydrogens is 348 g/mol. The van der Waals surface area contributed by atoms with Crippen molar-refractivity contribution < 1.29 is 39.6 Å². The fourth-order valence-corrected chi connectivity index (χ4v) is 1.06. The third-order valence-electron chi connectivity index (χ3n) is 1.67. The number of hydrogen-bond donors (Lipinski definition) is 6. The van der Waals surface area contributed by atoms with Gasteiger partial charge in [0, 0.05) is 40.8 Å². The molecule has 158 valence electrons.